The number of benzene rings is 1. The Kier molecular flexibility index (Phi) is 8.40. The highest BCUT2D eigenvalue weighted by molar-refractivity contribution is 5.97. The molecule has 8 heteroatoms. The first-order valence-corrected chi connectivity index (χ1v) is 11.1. The van der Waals surface area contributed by atoms with Crippen molar-refractivity contribution in [1.29, 1.82) is 0 Å². The van der Waals surface area contributed by atoms with Gasteiger partial charge in [-0.3, -0.25) is 14.4 Å². The average Bonchev–Trinajstić information content (AvgIpc) is 3.32. The number of rotatable bonds is 8. The van der Waals surface area contributed by atoms with Crippen LogP contribution in [0.2, 0.25) is 0 Å². The predicted octanol–water partition coefficient (Wildman–Crippen LogP) is 2.12. The maximum atomic E-state index is 14.0. The van der Waals surface area contributed by atoms with E-state index in [-0.39, 0.29) is 29.2 Å². The molecule has 1 saturated carbocycles. The number of nitrogens with zero attached hydrogens (tertiary/aromatic N) is 1. The van der Waals surface area contributed by atoms with Crippen LogP contribution in [0, 0.1) is 17.7 Å². The lowest BCUT2D eigenvalue weighted by Gasteiger charge is -2.36. The number of carbonyl (C=O) groups is 3. The molecule has 2 N–H and O–H groups in total. The molecule has 1 atom stereocenters. The van der Waals surface area contributed by atoms with Crippen LogP contribution in [0.3, 0.4) is 0 Å². The highest BCUT2D eigenvalue weighted by Gasteiger charge is 2.36. The van der Waals surface area contributed by atoms with Gasteiger partial charge >= 0.3 is 0 Å². The number of carbonyl (C=O) groups excluding carboxylic acids is 3. The molecular weight excluding hydrogens is 401 g/mol. The number of halogens is 1. The van der Waals surface area contributed by atoms with Gasteiger partial charge in [-0.25, -0.2) is 4.39 Å². The van der Waals surface area contributed by atoms with Gasteiger partial charge in [0.25, 0.3) is 5.91 Å². The second-order valence-electron chi connectivity index (χ2n) is 8.36. The maximum Gasteiger partial charge on any atom is 0.254 e. The number of ether oxygens (including phenoxy) is 1. The van der Waals surface area contributed by atoms with Crippen LogP contribution in [0.15, 0.2) is 24.3 Å². The van der Waals surface area contributed by atoms with E-state index >= 15 is 0 Å². The van der Waals surface area contributed by atoms with Crippen LogP contribution in [0.1, 0.15) is 48.9 Å². The van der Waals surface area contributed by atoms with Crippen molar-refractivity contribution in [3.8, 4) is 0 Å². The summed E-state index contributed by atoms with van der Waals surface area (Å²) in [5.74, 6) is -1.35. The maximum absolute atomic E-state index is 14.0. The zero-order chi connectivity index (χ0) is 22.2. The standard InChI is InChI=1S/C23H32FN3O4/c1-31-15-12-25-22(29)20(26-21(28)18-8-4-5-9-19(18)24)16-10-13-27(14-11-16)23(30)17-6-2-3-7-17/h4-5,8-9,16-17,20H,2-3,6-7,10-15H2,1H3,(H,25,29)(H,26,28)/t20-/m1/s1. The smallest absolute Gasteiger partial charge is 0.254 e. The van der Waals surface area contributed by atoms with Crippen molar-refractivity contribution in [2.75, 3.05) is 33.4 Å². The Bertz CT molecular complexity index is 774. The molecule has 0 spiro atoms. The Balaban J connectivity index is 1.65. The number of likely N-dealkylation sites (tertiary alicyclic amines) is 1. The van der Waals surface area contributed by atoms with E-state index in [1.165, 1.54) is 18.2 Å². The fraction of sp³-hybridized carbons (Fsp3) is 0.609. The van der Waals surface area contributed by atoms with E-state index in [0.29, 0.717) is 39.1 Å². The van der Waals surface area contributed by atoms with Crippen molar-refractivity contribution < 1.29 is 23.5 Å². The highest BCUT2D eigenvalue weighted by Crippen LogP contribution is 2.29. The van der Waals surface area contributed by atoms with Crippen LogP contribution in [-0.2, 0) is 14.3 Å². The number of hydrogen-bond acceptors (Lipinski definition) is 4. The minimum Gasteiger partial charge on any atom is -0.383 e. The Morgan fingerprint density at radius 1 is 1.13 bits per heavy atom. The van der Waals surface area contributed by atoms with Crippen LogP contribution in [0.25, 0.3) is 0 Å². The van der Waals surface area contributed by atoms with Crippen molar-refractivity contribution in [1.82, 2.24) is 15.5 Å². The van der Waals surface area contributed by atoms with E-state index in [0.717, 1.165) is 25.7 Å². The molecule has 0 unspecified atom stereocenters. The molecule has 1 aromatic carbocycles. The molecule has 31 heavy (non-hydrogen) atoms. The largest absolute Gasteiger partial charge is 0.383 e. The number of nitrogens with one attached hydrogen (secondary N) is 2. The summed E-state index contributed by atoms with van der Waals surface area (Å²) in [6.07, 6.45) is 5.36. The van der Waals surface area contributed by atoms with Gasteiger partial charge in [0.2, 0.25) is 11.8 Å². The molecule has 1 heterocycles. The normalized spacial score (nSPS) is 18.6. The van der Waals surface area contributed by atoms with Gasteiger partial charge in [-0.2, -0.15) is 0 Å². The van der Waals surface area contributed by atoms with Crippen molar-refractivity contribution in [3.05, 3.63) is 35.6 Å². The minimum absolute atomic E-state index is 0.0916. The summed E-state index contributed by atoms with van der Waals surface area (Å²) < 4.78 is 19.0. The number of piperidine rings is 1. The zero-order valence-corrected chi connectivity index (χ0v) is 18.1. The van der Waals surface area contributed by atoms with Gasteiger partial charge in [0.05, 0.1) is 12.2 Å². The number of hydrogen-bond donors (Lipinski definition) is 2. The number of methoxy groups -OCH3 is 1. The molecule has 3 amide bonds. The first-order valence-electron chi connectivity index (χ1n) is 11.1. The Morgan fingerprint density at radius 2 is 1.81 bits per heavy atom. The zero-order valence-electron chi connectivity index (χ0n) is 18.1. The minimum atomic E-state index is -0.798. The van der Waals surface area contributed by atoms with E-state index in [9.17, 15) is 18.8 Å². The molecule has 2 fully saturated rings. The van der Waals surface area contributed by atoms with E-state index in [2.05, 4.69) is 10.6 Å². The summed E-state index contributed by atoms with van der Waals surface area (Å²) in [5, 5.41) is 5.51. The lowest BCUT2D eigenvalue weighted by Crippen LogP contribution is -2.54. The molecule has 3 rings (SSSR count). The van der Waals surface area contributed by atoms with Gasteiger partial charge < -0.3 is 20.3 Å². The van der Waals surface area contributed by atoms with Gasteiger partial charge in [0.15, 0.2) is 0 Å². The molecule has 1 aliphatic heterocycles. The lowest BCUT2D eigenvalue weighted by molar-refractivity contribution is -0.137. The SMILES string of the molecule is COCCNC(=O)[C@H](NC(=O)c1ccccc1F)C1CCN(C(=O)C2CCCC2)CC1. The molecule has 1 aliphatic carbocycles. The summed E-state index contributed by atoms with van der Waals surface area (Å²) in [5.41, 5.74) is -0.0916. The number of amides is 3. The van der Waals surface area contributed by atoms with E-state index in [4.69, 9.17) is 4.74 Å². The third-order valence-corrected chi connectivity index (χ3v) is 6.32. The molecule has 1 saturated heterocycles. The van der Waals surface area contributed by atoms with Gasteiger partial charge in [-0.15, -0.1) is 0 Å². The van der Waals surface area contributed by atoms with Crippen molar-refractivity contribution in [2.45, 2.75) is 44.6 Å². The van der Waals surface area contributed by atoms with Crippen molar-refractivity contribution in [2.24, 2.45) is 11.8 Å². The average molecular weight is 434 g/mol. The molecule has 0 radical (unpaired) electrons. The Hall–Kier alpha value is -2.48. The van der Waals surface area contributed by atoms with Crippen LogP contribution in [-0.4, -0.2) is 62.0 Å². The van der Waals surface area contributed by atoms with E-state index < -0.39 is 17.8 Å². The molecule has 0 bridgehead atoms. The fourth-order valence-electron chi connectivity index (χ4n) is 4.53. The van der Waals surface area contributed by atoms with Crippen LogP contribution >= 0.6 is 0 Å². The third-order valence-electron chi connectivity index (χ3n) is 6.32. The first-order chi connectivity index (χ1) is 15.0. The van der Waals surface area contributed by atoms with Crippen LogP contribution < -0.4 is 10.6 Å². The van der Waals surface area contributed by atoms with Crippen LogP contribution in [0.4, 0.5) is 4.39 Å². The summed E-state index contributed by atoms with van der Waals surface area (Å²) in [4.78, 5) is 40.1. The van der Waals surface area contributed by atoms with Crippen molar-refractivity contribution in [3.63, 3.8) is 0 Å². The first kappa shape index (κ1) is 23.2. The van der Waals surface area contributed by atoms with Crippen molar-refractivity contribution >= 4 is 17.7 Å². The topological polar surface area (TPSA) is 87.7 Å². The molecule has 7 nitrogen and oxygen atoms in total. The summed E-state index contributed by atoms with van der Waals surface area (Å²) in [7, 11) is 1.54. The molecule has 1 aromatic rings. The van der Waals surface area contributed by atoms with Gasteiger partial charge in [0.1, 0.15) is 11.9 Å². The molecular formula is C23H32FN3O4. The lowest BCUT2D eigenvalue weighted by atomic mass is 9.87. The molecule has 170 valence electrons. The van der Waals surface area contributed by atoms with E-state index in [1.807, 2.05) is 4.90 Å². The highest BCUT2D eigenvalue weighted by atomic mass is 19.1. The van der Waals surface area contributed by atoms with E-state index in [1.54, 1.807) is 13.2 Å². The van der Waals surface area contributed by atoms with Crippen LogP contribution in [0.5, 0.6) is 0 Å². The second-order valence-corrected chi connectivity index (χ2v) is 8.36. The molecule has 2 aliphatic rings. The third kappa shape index (κ3) is 6.03. The Labute approximate surface area is 182 Å². The monoisotopic (exact) mass is 433 g/mol. The molecule has 0 aromatic heterocycles. The quantitative estimate of drug-likeness (QED) is 0.615. The predicted molar refractivity (Wildman–Crippen MR) is 114 cm³/mol. The summed E-state index contributed by atoms with van der Waals surface area (Å²) >= 11 is 0. The Morgan fingerprint density at radius 3 is 2.45 bits per heavy atom. The van der Waals surface area contributed by atoms with Gasteiger partial charge in [-0.1, -0.05) is 25.0 Å². The second kappa shape index (κ2) is 11.2. The van der Waals surface area contributed by atoms with Gasteiger partial charge in [0, 0.05) is 32.7 Å². The fourth-order valence-corrected chi connectivity index (χ4v) is 4.53. The summed E-state index contributed by atoms with van der Waals surface area (Å²) in [6, 6.07) is 4.91. The summed E-state index contributed by atoms with van der Waals surface area (Å²) in [6.45, 7) is 1.81. The van der Waals surface area contributed by atoms with Gasteiger partial charge in [-0.05, 0) is 43.7 Å².